The van der Waals surface area contributed by atoms with E-state index in [1.54, 1.807) is 53.7 Å². The van der Waals surface area contributed by atoms with Gasteiger partial charge in [0.15, 0.2) is 0 Å². The Hall–Kier alpha value is -3.55. The van der Waals surface area contributed by atoms with Crippen molar-refractivity contribution in [2.45, 2.75) is 12.4 Å². The van der Waals surface area contributed by atoms with Gasteiger partial charge in [-0.3, -0.25) is 9.69 Å². The minimum Gasteiger partial charge on any atom is -0.562 e. The van der Waals surface area contributed by atoms with Crippen LogP contribution < -0.4 is 9.55 Å². The fraction of sp³-hybridized carbons (Fsp3) is 0.105. The first-order chi connectivity index (χ1) is 13.2. The molecule has 27 heavy (non-hydrogen) atoms. The number of imidazole rings is 1. The Morgan fingerprint density at radius 1 is 1.19 bits per heavy atom. The van der Waals surface area contributed by atoms with Gasteiger partial charge in [-0.2, -0.15) is 0 Å². The lowest BCUT2D eigenvalue weighted by molar-refractivity contribution is 0.0694. The standard InChI is InChI=1S/C19H15BN3O4/c24-17(12-5-2-1-3-6-12)23(19-21-9-10-22-19)15-11-20-27-16-13(15)7-4-8-14(16)18(25)26/h1-10,15H,11H2,(H,21,22)(H,25,26). The molecule has 7 nitrogen and oxygen atoms in total. The Kier molecular flexibility index (Phi) is 4.37. The van der Waals surface area contributed by atoms with Crippen LogP contribution in [0.5, 0.6) is 5.75 Å². The van der Waals surface area contributed by atoms with Crippen LogP contribution in [0.4, 0.5) is 5.95 Å². The second-order valence-electron chi connectivity index (χ2n) is 6.02. The molecule has 1 aromatic heterocycles. The molecule has 133 valence electrons. The fourth-order valence-corrected chi connectivity index (χ4v) is 3.21. The molecule has 2 aromatic carbocycles. The lowest BCUT2D eigenvalue weighted by Gasteiger charge is -2.34. The van der Waals surface area contributed by atoms with E-state index in [0.717, 1.165) is 0 Å². The van der Waals surface area contributed by atoms with Gasteiger partial charge >= 0.3 is 13.5 Å². The average molecular weight is 360 g/mol. The van der Waals surface area contributed by atoms with Crippen LogP contribution in [0.25, 0.3) is 0 Å². The largest absolute Gasteiger partial charge is 0.562 e. The molecule has 0 fully saturated rings. The SMILES string of the molecule is O=C(O)c1cccc2c1O[B]CC2N(C(=O)c1ccccc1)c1ncc[nH]1. The summed E-state index contributed by atoms with van der Waals surface area (Å²) < 4.78 is 5.52. The summed E-state index contributed by atoms with van der Waals surface area (Å²) in [6.45, 7) is 0. The summed E-state index contributed by atoms with van der Waals surface area (Å²) in [6, 6.07) is 13.3. The molecule has 3 aromatic rings. The lowest BCUT2D eigenvalue weighted by Crippen LogP contribution is -2.39. The van der Waals surface area contributed by atoms with Gasteiger partial charge in [0.2, 0.25) is 5.95 Å². The van der Waals surface area contributed by atoms with Gasteiger partial charge in [-0.25, -0.2) is 9.78 Å². The van der Waals surface area contributed by atoms with Crippen LogP contribution >= 0.6 is 0 Å². The summed E-state index contributed by atoms with van der Waals surface area (Å²) in [5.41, 5.74) is 1.19. The maximum Gasteiger partial charge on any atom is 0.372 e. The Bertz CT molecular complexity index is 976. The van der Waals surface area contributed by atoms with Crippen LogP contribution in [0.1, 0.15) is 32.3 Å². The number of hydrogen-bond donors (Lipinski definition) is 2. The number of anilines is 1. The topological polar surface area (TPSA) is 95.5 Å². The molecule has 0 saturated carbocycles. The summed E-state index contributed by atoms with van der Waals surface area (Å²) in [5, 5.41) is 9.44. The average Bonchev–Trinajstić information content (AvgIpc) is 3.22. The van der Waals surface area contributed by atoms with Crippen molar-refractivity contribution in [3.63, 3.8) is 0 Å². The number of para-hydroxylation sites is 1. The predicted octanol–water partition coefficient (Wildman–Crippen LogP) is 2.93. The van der Waals surface area contributed by atoms with E-state index in [4.69, 9.17) is 4.65 Å². The molecule has 1 aliphatic rings. The number of benzene rings is 2. The molecule has 2 N–H and O–H groups in total. The zero-order valence-electron chi connectivity index (χ0n) is 14.2. The first-order valence-corrected chi connectivity index (χ1v) is 8.39. The smallest absolute Gasteiger partial charge is 0.372 e. The number of hydrogen-bond acceptors (Lipinski definition) is 4. The molecule has 0 aliphatic carbocycles. The molecule has 4 rings (SSSR count). The first kappa shape index (κ1) is 16.9. The highest BCUT2D eigenvalue weighted by atomic mass is 16.4. The van der Waals surface area contributed by atoms with Crippen molar-refractivity contribution in [2.75, 3.05) is 4.90 Å². The van der Waals surface area contributed by atoms with Crippen LogP contribution in [0.3, 0.4) is 0 Å². The molecule has 1 amide bonds. The summed E-state index contributed by atoms with van der Waals surface area (Å²) in [7, 11) is 1.52. The van der Waals surface area contributed by atoms with Crippen LogP contribution in [-0.2, 0) is 0 Å². The van der Waals surface area contributed by atoms with E-state index < -0.39 is 12.0 Å². The fourth-order valence-electron chi connectivity index (χ4n) is 3.21. The Labute approximate surface area is 155 Å². The number of carboxylic acid groups (broad SMARTS) is 1. The maximum atomic E-state index is 13.3. The maximum absolute atomic E-state index is 13.3. The number of H-pyrrole nitrogens is 1. The van der Waals surface area contributed by atoms with E-state index in [0.29, 0.717) is 23.4 Å². The zero-order chi connectivity index (χ0) is 18.8. The van der Waals surface area contributed by atoms with Crippen molar-refractivity contribution >= 4 is 25.3 Å². The highest BCUT2D eigenvalue weighted by Gasteiger charge is 2.35. The Balaban J connectivity index is 1.83. The van der Waals surface area contributed by atoms with E-state index >= 15 is 0 Å². The van der Waals surface area contributed by atoms with Crippen molar-refractivity contribution in [1.82, 2.24) is 9.97 Å². The molecular formula is C19H15BN3O4. The van der Waals surface area contributed by atoms with Gasteiger partial charge in [-0.1, -0.05) is 30.3 Å². The number of amides is 1. The molecule has 1 unspecified atom stereocenters. The van der Waals surface area contributed by atoms with E-state index in [1.807, 2.05) is 6.07 Å². The first-order valence-electron chi connectivity index (χ1n) is 8.39. The summed E-state index contributed by atoms with van der Waals surface area (Å²) in [4.78, 5) is 33.6. The predicted molar refractivity (Wildman–Crippen MR) is 99.2 cm³/mol. The van der Waals surface area contributed by atoms with Crippen LogP contribution in [0.15, 0.2) is 60.9 Å². The number of aromatic nitrogens is 2. The molecule has 0 bridgehead atoms. The quantitative estimate of drug-likeness (QED) is 0.698. The normalized spacial score (nSPS) is 15.2. The summed E-state index contributed by atoms with van der Waals surface area (Å²) >= 11 is 0. The second kappa shape index (κ2) is 6.99. The third-order valence-electron chi connectivity index (χ3n) is 4.42. The van der Waals surface area contributed by atoms with Gasteiger partial charge < -0.3 is 14.7 Å². The molecule has 1 atom stereocenters. The van der Waals surface area contributed by atoms with Gasteiger partial charge in [0.05, 0.1) is 11.6 Å². The highest BCUT2D eigenvalue weighted by Crippen LogP contribution is 2.40. The number of carbonyl (C=O) groups excluding carboxylic acids is 1. The highest BCUT2D eigenvalue weighted by molar-refractivity contribution is 6.30. The number of nitrogens with one attached hydrogen (secondary N) is 1. The Morgan fingerprint density at radius 3 is 2.70 bits per heavy atom. The monoisotopic (exact) mass is 360 g/mol. The van der Waals surface area contributed by atoms with Crippen molar-refractivity contribution in [2.24, 2.45) is 0 Å². The second-order valence-corrected chi connectivity index (χ2v) is 6.02. The molecule has 2 heterocycles. The van der Waals surface area contributed by atoms with Gasteiger partial charge in [0.25, 0.3) is 5.91 Å². The van der Waals surface area contributed by atoms with Gasteiger partial charge in [0.1, 0.15) is 5.75 Å². The third kappa shape index (κ3) is 3.06. The van der Waals surface area contributed by atoms with E-state index in [1.165, 1.54) is 13.5 Å². The third-order valence-corrected chi connectivity index (χ3v) is 4.42. The van der Waals surface area contributed by atoms with Crippen molar-refractivity contribution in [3.8, 4) is 5.75 Å². The number of carboxylic acids is 1. The van der Waals surface area contributed by atoms with Crippen molar-refractivity contribution in [1.29, 1.82) is 0 Å². The Morgan fingerprint density at radius 2 is 2.00 bits per heavy atom. The molecule has 0 spiro atoms. The van der Waals surface area contributed by atoms with Crippen molar-refractivity contribution in [3.05, 3.63) is 77.6 Å². The minimum atomic E-state index is -1.08. The number of rotatable bonds is 4. The van der Waals surface area contributed by atoms with E-state index in [2.05, 4.69) is 9.97 Å². The van der Waals surface area contributed by atoms with E-state index in [-0.39, 0.29) is 17.2 Å². The van der Waals surface area contributed by atoms with E-state index in [9.17, 15) is 14.7 Å². The lowest BCUT2D eigenvalue weighted by atomic mass is 9.80. The zero-order valence-corrected chi connectivity index (χ0v) is 14.2. The minimum absolute atomic E-state index is 0.0556. The number of fused-ring (bicyclic) bond motifs is 1. The molecule has 8 heteroatoms. The van der Waals surface area contributed by atoms with Gasteiger partial charge in [-0.05, 0) is 24.5 Å². The number of nitrogens with zero attached hydrogens (tertiary/aromatic N) is 2. The molecule has 1 radical (unpaired) electrons. The molecule has 1 aliphatic heterocycles. The van der Waals surface area contributed by atoms with Crippen LogP contribution in [-0.4, -0.2) is 34.4 Å². The van der Waals surface area contributed by atoms with Crippen LogP contribution in [0.2, 0.25) is 6.32 Å². The molecular weight excluding hydrogens is 345 g/mol. The number of aromatic carboxylic acids is 1. The molecule has 0 saturated heterocycles. The summed E-state index contributed by atoms with van der Waals surface area (Å²) in [5.74, 6) is -0.688. The number of aromatic amines is 1. The number of carbonyl (C=O) groups is 2. The van der Waals surface area contributed by atoms with Gasteiger partial charge in [0, 0.05) is 23.5 Å². The van der Waals surface area contributed by atoms with Crippen molar-refractivity contribution < 1.29 is 19.3 Å². The summed E-state index contributed by atoms with van der Waals surface area (Å²) in [6.07, 6.45) is 3.60. The van der Waals surface area contributed by atoms with Gasteiger partial charge in [-0.15, -0.1) is 0 Å². The van der Waals surface area contributed by atoms with Crippen LogP contribution in [0, 0.1) is 0 Å².